The maximum Gasteiger partial charge on any atom is 0.329 e. The molecule has 0 radical (unpaired) electrons. The number of rotatable bonds is 3. The minimum absolute atomic E-state index is 0.0594. The Labute approximate surface area is 123 Å². The van der Waals surface area contributed by atoms with Gasteiger partial charge in [-0.15, -0.1) is 0 Å². The van der Waals surface area contributed by atoms with Crippen LogP contribution in [0.4, 0.5) is 5.69 Å². The van der Waals surface area contributed by atoms with Crippen LogP contribution in [0.3, 0.4) is 0 Å². The first-order chi connectivity index (χ1) is 9.68. The highest BCUT2D eigenvalue weighted by Crippen LogP contribution is 2.43. The number of nitro groups is 1. The van der Waals surface area contributed by atoms with Crippen molar-refractivity contribution in [2.45, 2.75) is 69.7 Å². The van der Waals surface area contributed by atoms with Gasteiger partial charge in [-0.25, -0.2) is 4.68 Å². The molecule has 0 atom stereocenters. The summed E-state index contributed by atoms with van der Waals surface area (Å²) in [7, 11) is 0. The van der Waals surface area contributed by atoms with Gasteiger partial charge in [0.25, 0.3) is 0 Å². The monoisotopic (exact) mass is 297 g/mol. The van der Waals surface area contributed by atoms with Crippen LogP contribution >= 0.6 is 11.6 Å². The topological polar surface area (TPSA) is 61.0 Å². The number of hydrogen-bond donors (Lipinski definition) is 0. The zero-order chi connectivity index (χ0) is 14.1. The first-order valence-electron chi connectivity index (χ1n) is 7.60. The molecule has 20 heavy (non-hydrogen) atoms. The molecule has 0 unspecified atom stereocenters. The van der Waals surface area contributed by atoms with E-state index in [0.717, 1.165) is 51.4 Å². The van der Waals surface area contributed by atoms with E-state index in [1.54, 1.807) is 4.68 Å². The normalized spacial score (nSPS) is 21.4. The van der Waals surface area contributed by atoms with Gasteiger partial charge in [-0.2, -0.15) is 5.10 Å². The van der Waals surface area contributed by atoms with Gasteiger partial charge in [0.2, 0.25) is 5.15 Å². The van der Waals surface area contributed by atoms with Crippen molar-refractivity contribution in [1.82, 2.24) is 9.78 Å². The van der Waals surface area contributed by atoms with E-state index in [4.69, 9.17) is 11.6 Å². The Balaban J connectivity index is 1.98. The number of nitrogens with zero attached hydrogens (tertiary/aromatic N) is 3. The predicted molar refractivity (Wildman–Crippen MR) is 77.2 cm³/mol. The predicted octanol–water partition coefficient (Wildman–Crippen LogP) is 4.61. The third-order valence-electron chi connectivity index (χ3n) is 4.70. The first-order valence-corrected chi connectivity index (χ1v) is 7.98. The molecule has 0 bridgehead atoms. The molecule has 0 N–H and O–H groups in total. The van der Waals surface area contributed by atoms with Crippen LogP contribution in [-0.2, 0) is 0 Å². The number of aromatic nitrogens is 2. The van der Waals surface area contributed by atoms with E-state index in [0.29, 0.717) is 5.69 Å². The molecule has 1 heterocycles. The van der Waals surface area contributed by atoms with E-state index < -0.39 is 0 Å². The Morgan fingerprint density at radius 2 is 1.70 bits per heavy atom. The summed E-state index contributed by atoms with van der Waals surface area (Å²) in [6.07, 6.45) is 9.89. The molecule has 1 aromatic heterocycles. The minimum Gasteiger partial charge on any atom is -0.258 e. The average molecular weight is 298 g/mol. The lowest BCUT2D eigenvalue weighted by molar-refractivity contribution is -0.385. The van der Waals surface area contributed by atoms with E-state index in [-0.39, 0.29) is 27.7 Å². The SMILES string of the molecule is O=[N+]([O-])c1c(C2CCCC2)nn(C2CCCCC2)c1Cl. The third-order valence-corrected chi connectivity index (χ3v) is 5.05. The fourth-order valence-electron chi connectivity index (χ4n) is 3.63. The zero-order valence-corrected chi connectivity index (χ0v) is 12.3. The van der Waals surface area contributed by atoms with E-state index in [2.05, 4.69) is 5.10 Å². The maximum atomic E-state index is 11.4. The second kappa shape index (κ2) is 5.72. The molecule has 0 amide bonds. The van der Waals surface area contributed by atoms with Gasteiger partial charge in [-0.3, -0.25) is 10.1 Å². The summed E-state index contributed by atoms with van der Waals surface area (Å²) in [5, 5.41) is 16.2. The van der Waals surface area contributed by atoms with Crippen LogP contribution in [0.5, 0.6) is 0 Å². The van der Waals surface area contributed by atoms with Crippen molar-refractivity contribution in [3.63, 3.8) is 0 Å². The molecule has 0 aliphatic heterocycles. The fourth-order valence-corrected chi connectivity index (χ4v) is 3.97. The van der Waals surface area contributed by atoms with Crippen molar-refractivity contribution < 1.29 is 4.92 Å². The highest BCUT2D eigenvalue weighted by atomic mass is 35.5. The number of halogens is 1. The highest BCUT2D eigenvalue weighted by Gasteiger charge is 2.35. The van der Waals surface area contributed by atoms with E-state index >= 15 is 0 Å². The Hall–Kier alpha value is -1.10. The summed E-state index contributed by atoms with van der Waals surface area (Å²) in [6, 6.07) is 0.241. The lowest BCUT2D eigenvalue weighted by Gasteiger charge is -2.22. The summed E-state index contributed by atoms with van der Waals surface area (Å²) >= 11 is 6.30. The Morgan fingerprint density at radius 1 is 1.10 bits per heavy atom. The molecule has 6 heteroatoms. The summed E-state index contributed by atoms with van der Waals surface area (Å²) in [5.74, 6) is 0.220. The number of hydrogen-bond acceptors (Lipinski definition) is 3. The minimum atomic E-state index is -0.345. The Kier molecular flexibility index (Phi) is 3.96. The molecular weight excluding hydrogens is 278 g/mol. The smallest absolute Gasteiger partial charge is 0.258 e. The molecule has 2 saturated carbocycles. The van der Waals surface area contributed by atoms with Gasteiger partial charge in [0.05, 0.1) is 11.0 Å². The molecule has 2 fully saturated rings. The molecule has 0 aromatic carbocycles. The lowest BCUT2D eigenvalue weighted by Crippen LogP contribution is -2.14. The van der Waals surface area contributed by atoms with Gasteiger partial charge in [0.1, 0.15) is 5.69 Å². The molecule has 5 nitrogen and oxygen atoms in total. The van der Waals surface area contributed by atoms with Crippen molar-refractivity contribution in [1.29, 1.82) is 0 Å². The lowest BCUT2D eigenvalue weighted by atomic mass is 9.96. The quantitative estimate of drug-likeness (QED) is 0.604. The average Bonchev–Trinajstić information content (AvgIpc) is 3.06. The summed E-state index contributed by atoms with van der Waals surface area (Å²) in [6.45, 7) is 0. The molecule has 1 aromatic rings. The van der Waals surface area contributed by atoms with Gasteiger partial charge >= 0.3 is 5.69 Å². The van der Waals surface area contributed by atoms with Crippen LogP contribution in [0.25, 0.3) is 0 Å². The second-order valence-corrected chi connectivity index (χ2v) is 6.36. The fraction of sp³-hybridized carbons (Fsp3) is 0.786. The van der Waals surface area contributed by atoms with Gasteiger partial charge in [-0.05, 0) is 25.7 Å². The highest BCUT2D eigenvalue weighted by molar-refractivity contribution is 6.31. The van der Waals surface area contributed by atoms with Crippen molar-refractivity contribution in [3.05, 3.63) is 21.0 Å². The Bertz CT molecular complexity index is 503. The van der Waals surface area contributed by atoms with Crippen LogP contribution in [0.2, 0.25) is 5.15 Å². The van der Waals surface area contributed by atoms with Crippen molar-refractivity contribution in [2.75, 3.05) is 0 Å². The van der Waals surface area contributed by atoms with E-state index in [1.165, 1.54) is 6.42 Å². The van der Waals surface area contributed by atoms with Gasteiger partial charge in [0.15, 0.2) is 0 Å². The third kappa shape index (κ3) is 2.43. The van der Waals surface area contributed by atoms with Gasteiger partial charge in [-0.1, -0.05) is 43.7 Å². The van der Waals surface area contributed by atoms with Gasteiger partial charge in [0, 0.05) is 5.92 Å². The van der Waals surface area contributed by atoms with Crippen molar-refractivity contribution in [2.24, 2.45) is 0 Å². The maximum absolute atomic E-state index is 11.4. The van der Waals surface area contributed by atoms with E-state index in [1.807, 2.05) is 0 Å². The van der Waals surface area contributed by atoms with Crippen LogP contribution in [0.1, 0.15) is 75.4 Å². The summed E-state index contributed by atoms with van der Waals surface area (Å²) in [5.41, 5.74) is 0.687. The molecule has 110 valence electrons. The second-order valence-electron chi connectivity index (χ2n) is 6.00. The summed E-state index contributed by atoms with van der Waals surface area (Å²) < 4.78 is 1.74. The molecule has 0 spiro atoms. The van der Waals surface area contributed by atoms with Crippen LogP contribution < -0.4 is 0 Å². The first kappa shape index (κ1) is 13.9. The van der Waals surface area contributed by atoms with Crippen molar-refractivity contribution in [3.8, 4) is 0 Å². The summed E-state index contributed by atoms with van der Waals surface area (Å²) in [4.78, 5) is 11.0. The standard InChI is InChI=1S/C14H20ClN3O2/c15-14-13(18(19)20)12(10-6-4-5-7-10)16-17(14)11-8-2-1-3-9-11/h10-11H,1-9H2. The van der Waals surface area contributed by atoms with E-state index in [9.17, 15) is 10.1 Å². The molecular formula is C14H20ClN3O2. The van der Waals surface area contributed by atoms with Crippen LogP contribution in [0.15, 0.2) is 0 Å². The molecule has 2 aliphatic rings. The van der Waals surface area contributed by atoms with Gasteiger partial charge < -0.3 is 0 Å². The molecule has 0 saturated heterocycles. The zero-order valence-electron chi connectivity index (χ0n) is 11.6. The molecule has 3 rings (SSSR count). The molecule has 2 aliphatic carbocycles. The van der Waals surface area contributed by atoms with Crippen LogP contribution in [0, 0.1) is 10.1 Å². The van der Waals surface area contributed by atoms with Crippen molar-refractivity contribution >= 4 is 17.3 Å². The largest absolute Gasteiger partial charge is 0.329 e. The van der Waals surface area contributed by atoms with Crippen LogP contribution in [-0.4, -0.2) is 14.7 Å². The Morgan fingerprint density at radius 3 is 2.30 bits per heavy atom.